The van der Waals surface area contributed by atoms with Crippen LogP contribution in [0.5, 0.6) is 5.75 Å². The molecule has 8 heteroatoms. The number of pyridine rings is 1. The van der Waals surface area contributed by atoms with Crippen molar-refractivity contribution < 1.29 is 14.3 Å². The van der Waals surface area contributed by atoms with Crippen molar-refractivity contribution in [2.45, 2.75) is 19.9 Å². The van der Waals surface area contributed by atoms with Gasteiger partial charge in [-0.2, -0.15) is 5.10 Å². The van der Waals surface area contributed by atoms with Gasteiger partial charge >= 0.3 is 0 Å². The molecule has 0 saturated carbocycles. The van der Waals surface area contributed by atoms with Crippen molar-refractivity contribution in [2.75, 3.05) is 11.9 Å². The number of amides is 1. The van der Waals surface area contributed by atoms with Gasteiger partial charge in [0.2, 0.25) is 0 Å². The van der Waals surface area contributed by atoms with E-state index in [-0.39, 0.29) is 18.3 Å². The molecule has 8 nitrogen and oxygen atoms in total. The molecule has 3 heterocycles. The Morgan fingerprint density at radius 2 is 1.93 bits per heavy atom. The third-order valence-corrected chi connectivity index (χ3v) is 4.52. The van der Waals surface area contributed by atoms with Gasteiger partial charge in [0.25, 0.3) is 5.91 Å². The van der Waals surface area contributed by atoms with E-state index in [1.165, 1.54) is 0 Å². The van der Waals surface area contributed by atoms with Crippen LogP contribution in [0.3, 0.4) is 0 Å². The fourth-order valence-electron chi connectivity index (χ4n) is 3.03. The largest absolute Gasteiger partial charge is 0.484 e. The molecular formula is C22H21N5O3. The number of ketones is 1. The fraction of sp³-hybridized carbons (Fsp3) is 0.182. The number of carbonyl (C=O) groups is 2. The second-order valence-corrected chi connectivity index (χ2v) is 6.76. The third kappa shape index (κ3) is 4.54. The van der Waals surface area contributed by atoms with Crippen molar-refractivity contribution >= 4 is 23.0 Å². The lowest BCUT2D eigenvalue weighted by Crippen LogP contribution is -2.19. The molecule has 0 unspecified atom stereocenters. The number of Topliss-reactive ketones (excluding diaryl/α,β-unsaturated/α-hetero) is 1. The quantitative estimate of drug-likeness (QED) is 0.456. The topological polar surface area (TPSA) is 90.5 Å². The number of aromatic nitrogens is 4. The van der Waals surface area contributed by atoms with Crippen LogP contribution in [0.4, 0.5) is 5.69 Å². The maximum atomic E-state index is 12.1. The molecular weight excluding hydrogens is 382 g/mol. The van der Waals surface area contributed by atoms with Crippen LogP contribution >= 0.6 is 0 Å². The van der Waals surface area contributed by atoms with Gasteiger partial charge in [-0.05, 0) is 36.4 Å². The van der Waals surface area contributed by atoms with Crippen LogP contribution in [-0.4, -0.2) is 37.5 Å². The Balaban J connectivity index is 1.30. The highest BCUT2D eigenvalue weighted by Gasteiger charge is 2.08. The Labute approximate surface area is 173 Å². The van der Waals surface area contributed by atoms with E-state index < -0.39 is 0 Å². The summed E-state index contributed by atoms with van der Waals surface area (Å²) in [6.07, 6.45) is 7.66. The van der Waals surface area contributed by atoms with Crippen molar-refractivity contribution in [1.82, 2.24) is 19.2 Å². The Bertz CT molecular complexity index is 1140. The first-order chi connectivity index (χ1) is 14.6. The van der Waals surface area contributed by atoms with E-state index in [0.717, 1.165) is 11.3 Å². The number of carbonyl (C=O) groups excluding carboxylic acids is 2. The Hall–Kier alpha value is -3.94. The van der Waals surface area contributed by atoms with E-state index in [4.69, 9.17) is 4.74 Å². The van der Waals surface area contributed by atoms with Gasteiger partial charge in [0, 0.05) is 30.6 Å². The zero-order valence-corrected chi connectivity index (χ0v) is 16.5. The van der Waals surface area contributed by atoms with Crippen molar-refractivity contribution in [2.24, 2.45) is 0 Å². The SMILES string of the molecule is CCC(=O)c1ccc(OCC(=O)Nc2cnn(Cc3cn4ccccc4n3)c2)cc1. The number of fused-ring (bicyclic) bond motifs is 1. The second-order valence-electron chi connectivity index (χ2n) is 6.76. The predicted octanol–water partition coefficient (Wildman–Crippen LogP) is 3.19. The monoisotopic (exact) mass is 403 g/mol. The number of hydrogen-bond donors (Lipinski definition) is 1. The zero-order valence-electron chi connectivity index (χ0n) is 16.5. The van der Waals surface area contributed by atoms with E-state index in [1.54, 1.807) is 41.3 Å². The number of hydrogen-bond acceptors (Lipinski definition) is 5. The van der Waals surface area contributed by atoms with Gasteiger partial charge in [0.15, 0.2) is 12.4 Å². The molecule has 0 saturated heterocycles. The number of ether oxygens (including phenoxy) is 1. The highest BCUT2D eigenvalue weighted by atomic mass is 16.5. The van der Waals surface area contributed by atoms with Gasteiger partial charge < -0.3 is 14.5 Å². The lowest BCUT2D eigenvalue weighted by Gasteiger charge is -2.07. The lowest BCUT2D eigenvalue weighted by molar-refractivity contribution is -0.118. The number of benzene rings is 1. The fourth-order valence-corrected chi connectivity index (χ4v) is 3.03. The molecule has 1 aromatic carbocycles. The van der Waals surface area contributed by atoms with E-state index in [0.29, 0.717) is 30.0 Å². The van der Waals surface area contributed by atoms with Crippen LogP contribution in [0.25, 0.3) is 5.65 Å². The molecule has 152 valence electrons. The normalized spacial score (nSPS) is 10.8. The average Bonchev–Trinajstić information content (AvgIpc) is 3.38. The molecule has 1 amide bonds. The standard InChI is InChI=1S/C22H21N5O3/c1-2-20(28)16-6-8-19(9-7-16)30-15-22(29)25-17-11-23-27(13-17)14-18-12-26-10-4-3-5-21(26)24-18/h3-13H,2,14-15H2,1H3,(H,25,29). The molecule has 4 aromatic rings. The highest BCUT2D eigenvalue weighted by molar-refractivity contribution is 5.96. The van der Waals surface area contributed by atoms with Gasteiger partial charge in [0.05, 0.1) is 24.1 Å². The molecule has 0 radical (unpaired) electrons. The van der Waals surface area contributed by atoms with Crippen LogP contribution in [0, 0.1) is 0 Å². The minimum Gasteiger partial charge on any atom is -0.484 e. The first kappa shape index (κ1) is 19.4. The Morgan fingerprint density at radius 1 is 1.10 bits per heavy atom. The molecule has 0 aliphatic heterocycles. The van der Waals surface area contributed by atoms with E-state index in [9.17, 15) is 9.59 Å². The molecule has 30 heavy (non-hydrogen) atoms. The smallest absolute Gasteiger partial charge is 0.262 e. The van der Waals surface area contributed by atoms with Gasteiger partial charge in [-0.1, -0.05) is 13.0 Å². The first-order valence-electron chi connectivity index (χ1n) is 9.61. The molecule has 0 bridgehead atoms. The maximum Gasteiger partial charge on any atom is 0.262 e. The third-order valence-electron chi connectivity index (χ3n) is 4.52. The minimum atomic E-state index is -0.295. The summed E-state index contributed by atoms with van der Waals surface area (Å²) in [4.78, 5) is 28.3. The zero-order chi connectivity index (χ0) is 20.9. The van der Waals surface area contributed by atoms with Crippen LogP contribution in [0.15, 0.2) is 67.3 Å². The molecule has 3 aromatic heterocycles. The predicted molar refractivity (Wildman–Crippen MR) is 112 cm³/mol. The lowest BCUT2D eigenvalue weighted by atomic mass is 10.1. The molecule has 0 aliphatic carbocycles. The van der Waals surface area contributed by atoms with Gasteiger partial charge in [-0.15, -0.1) is 0 Å². The first-order valence-corrected chi connectivity index (χ1v) is 9.61. The van der Waals surface area contributed by atoms with Crippen molar-refractivity contribution in [3.63, 3.8) is 0 Å². The maximum absolute atomic E-state index is 12.1. The van der Waals surface area contributed by atoms with Crippen LogP contribution < -0.4 is 10.1 Å². The average molecular weight is 403 g/mol. The molecule has 0 spiro atoms. The number of rotatable bonds is 8. The number of imidazole rings is 1. The van der Waals surface area contributed by atoms with E-state index in [2.05, 4.69) is 15.4 Å². The van der Waals surface area contributed by atoms with Gasteiger partial charge in [-0.3, -0.25) is 14.3 Å². The van der Waals surface area contributed by atoms with Gasteiger partial charge in [0.1, 0.15) is 11.4 Å². The summed E-state index contributed by atoms with van der Waals surface area (Å²) < 4.78 is 9.14. The molecule has 0 atom stereocenters. The molecule has 1 N–H and O–H groups in total. The summed E-state index contributed by atoms with van der Waals surface area (Å²) in [5.74, 6) is 0.302. The summed E-state index contributed by atoms with van der Waals surface area (Å²) in [5.41, 5.74) is 2.96. The minimum absolute atomic E-state index is 0.0694. The van der Waals surface area contributed by atoms with Crippen LogP contribution in [0.1, 0.15) is 29.4 Å². The van der Waals surface area contributed by atoms with Crippen molar-refractivity contribution in [3.05, 3.63) is 78.5 Å². The van der Waals surface area contributed by atoms with Crippen molar-refractivity contribution in [1.29, 1.82) is 0 Å². The molecule has 0 fully saturated rings. The second kappa shape index (κ2) is 8.60. The van der Waals surface area contributed by atoms with Gasteiger partial charge in [-0.25, -0.2) is 4.98 Å². The molecule has 4 rings (SSSR count). The van der Waals surface area contributed by atoms with Crippen LogP contribution in [-0.2, 0) is 11.3 Å². The van der Waals surface area contributed by atoms with E-state index in [1.807, 2.05) is 41.9 Å². The Morgan fingerprint density at radius 3 is 2.70 bits per heavy atom. The number of nitrogens with one attached hydrogen (secondary N) is 1. The summed E-state index contributed by atoms with van der Waals surface area (Å²) in [7, 11) is 0. The van der Waals surface area contributed by atoms with E-state index >= 15 is 0 Å². The summed E-state index contributed by atoms with van der Waals surface area (Å²) in [5, 5.41) is 7.02. The number of nitrogens with zero attached hydrogens (tertiary/aromatic N) is 4. The highest BCUT2D eigenvalue weighted by Crippen LogP contribution is 2.14. The van der Waals surface area contributed by atoms with Crippen LogP contribution in [0.2, 0.25) is 0 Å². The summed E-state index contributed by atoms with van der Waals surface area (Å²) in [6, 6.07) is 12.6. The van der Waals surface area contributed by atoms with Crippen molar-refractivity contribution in [3.8, 4) is 5.75 Å². The summed E-state index contributed by atoms with van der Waals surface area (Å²) in [6.45, 7) is 2.17. The number of anilines is 1. The molecule has 0 aliphatic rings. The Kier molecular flexibility index (Phi) is 5.56. The summed E-state index contributed by atoms with van der Waals surface area (Å²) >= 11 is 0.